The molecule has 0 fully saturated rings. The summed E-state index contributed by atoms with van der Waals surface area (Å²) in [4.78, 5) is 16.6. The number of methoxy groups -OCH3 is 1. The van der Waals surface area contributed by atoms with Crippen molar-refractivity contribution in [3.8, 4) is 16.3 Å². The zero-order valence-corrected chi connectivity index (χ0v) is 16.1. The molecule has 0 unspecified atom stereocenters. The summed E-state index contributed by atoms with van der Waals surface area (Å²) < 4.78 is 5.18. The lowest BCUT2D eigenvalue weighted by molar-refractivity contribution is -0.115. The van der Waals surface area contributed by atoms with Crippen LogP contribution in [0.4, 0.5) is 5.69 Å². The van der Waals surface area contributed by atoms with Crippen LogP contribution in [0.3, 0.4) is 0 Å². The van der Waals surface area contributed by atoms with E-state index in [9.17, 15) is 4.79 Å². The van der Waals surface area contributed by atoms with E-state index in [0.29, 0.717) is 6.42 Å². The molecule has 0 saturated heterocycles. The summed E-state index contributed by atoms with van der Waals surface area (Å²) in [7, 11) is 1.66. The average Bonchev–Trinajstić information content (AvgIpc) is 3.15. The molecule has 1 aromatic heterocycles. The van der Waals surface area contributed by atoms with Crippen molar-refractivity contribution in [1.82, 2.24) is 4.98 Å². The number of benzene rings is 2. The Balaban J connectivity index is 1.42. The topological polar surface area (TPSA) is 51.2 Å². The van der Waals surface area contributed by atoms with Gasteiger partial charge in [-0.05, 0) is 36.4 Å². The predicted octanol–water partition coefficient (Wildman–Crippen LogP) is 5.08. The fraction of sp³-hybridized carbons (Fsp3) is 0.200. The van der Waals surface area contributed by atoms with E-state index in [4.69, 9.17) is 4.74 Å². The standard InChI is InChI=1S/C20H20N2O2S2/c1-24-18-9-7-15(8-10-18)20-22-17(14-26-20)13-25-12-11-19(23)21-16-5-3-2-4-6-16/h2-10,14H,11-13H2,1H3,(H,21,23). The number of aromatic nitrogens is 1. The Hall–Kier alpha value is -2.31. The van der Waals surface area contributed by atoms with E-state index >= 15 is 0 Å². The first-order valence-electron chi connectivity index (χ1n) is 8.26. The van der Waals surface area contributed by atoms with Crippen LogP contribution in [0.2, 0.25) is 0 Å². The first-order chi connectivity index (χ1) is 12.7. The summed E-state index contributed by atoms with van der Waals surface area (Å²) in [6.45, 7) is 0. The number of rotatable bonds is 8. The summed E-state index contributed by atoms with van der Waals surface area (Å²) in [5.74, 6) is 2.47. The van der Waals surface area contributed by atoms with Gasteiger partial charge < -0.3 is 10.1 Å². The fourth-order valence-electron chi connectivity index (χ4n) is 2.33. The number of hydrogen-bond donors (Lipinski definition) is 1. The number of thioether (sulfide) groups is 1. The molecular formula is C20H20N2O2S2. The molecule has 1 N–H and O–H groups in total. The third-order valence-corrected chi connectivity index (χ3v) is 5.60. The van der Waals surface area contributed by atoms with Crippen molar-refractivity contribution in [2.45, 2.75) is 12.2 Å². The number of para-hydroxylation sites is 1. The lowest BCUT2D eigenvalue weighted by atomic mass is 10.2. The van der Waals surface area contributed by atoms with Gasteiger partial charge in [-0.2, -0.15) is 11.8 Å². The molecule has 0 saturated carbocycles. The number of carbonyl (C=O) groups excluding carboxylic acids is 1. The van der Waals surface area contributed by atoms with Gasteiger partial charge >= 0.3 is 0 Å². The molecule has 3 rings (SSSR count). The number of carbonyl (C=O) groups is 1. The quantitative estimate of drug-likeness (QED) is 0.550. The zero-order valence-electron chi connectivity index (χ0n) is 14.5. The van der Waals surface area contributed by atoms with Gasteiger partial charge in [-0.1, -0.05) is 18.2 Å². The van der Waals surface area contributed by atoms with Crippen LogP contribution in [0.15, 0.2) is 60.0 Å². The molecule has 1 amide bonds. The second-order valence-corrected chi connectivity index (χ2v) is 7.55. The number of amides is 1. The molecule has 0 aliphatic rings. The van der Waals surface area contributed by atoms with Crippen LogP contribution >= 0.6 is 23.1 Å². The molecule has 0 radical (unpaired) electrons. The SMILES string of the molecule is COc1ccc(-c2nc(CSCCC(=O)Nc3ccccc3)cs2)cc1. The van der Waals surface area contributed by atoms with E-state index in [0.717, 1.165) is 39.2 Å². The molecule has 0 atom stereocenters. The van der Waals surface area contributed by atoms with E-state index in [1.165, 1.54) is 0 Å². The highest BCUT2D eigenvalue weighted by Crippen LogP contribution is 2.27. The molecule has 3 aromatic rings. The van der Waals surface area contributed by atoms with Crippen LogP contribution in [-0.4, -0.2) is 23.8 Å². The highest BCUT2D eigenvalue weighted by molar-refractivity contribution is 7.98. The third-order valence-electron chi connectivity index (χ3n) is 3.67. The van der Waals surface area contributed by atoms with E-state index in [2.05, 4.69) is 15.7 Å². The van der Waals surface area contributed by atoms with Crippen molar-refractivity contribution < 1.29 is 9.53 Å². The van der Waals surface area contributed by atoms with Crippen LogP contribution in [0.25, 0.3) is 10.6 Å². The normalized spacial score (nSPS) is 10.5. The van der Waals surface area contributed by atoms with Crippen molar-refractivity contribution in [2.24, 2.45) is 0 Å². The van der Waals surface area contributed by atoms with Gasteiger partial charge in [0.1, 0.15) is 10.8 Å². The Morgan fingerprint density at radius 3 is 2.65 bits per heavy atom. The maximum atomic E-state index is 11.9. The van der Waals surface area contributed by atoms with Crippen molar-refractivity contribution in [1.29, 1.82) is 0 Å². The molecule has 0 spiro atoms. The zero-order chi connectivity index (χ0) is 18.2. The van der Waals surface area contributed by atoms with Gasteiger partial charge in [0.2, 0.25) is 5.91 Å². The highest BCUT2D eigenvalue weighted by Gasteiger charge is 2.06. The maximum Gasteiger partial charge on any atom is 0.225 e. The summed E-state index contributed by atoms with van der Waals surface area (Å²) in [5.41, 5.74) is 2.98. The minimum atomic E-state index is 0.0425. The lowest BCUT2D eigenvalue weighted by Crippen LogP contribution is -2.12. The second kappa shape index (κ2) is 9.40. The van der Waals surface area contributed by atoms with Crippen LogP contribution in [-0.2, 0) is 10.5 Å². The van der Waals surface area contributed by atoms with Crippen molar-refractivity contribution in [3.63, 3.8) is 0 Å². The van der Waals surface area contributed by atoms with Crippen LogP contribution in [0.5, 0.6) is 5.75 Å². The van der Waals surface area contributed by atoms with Gasteiger partial charge in [0.05, 0.1) is 12.8 Å². The largest absolute Gasteiger partial charge is 0.497 e. The first-order valence-corrected chi connectivity index (χ1v) is 10.3. The van der Waals surface area contributed by atoms with Crippen molar-refractivity contribution in [3.05, 3.63) is 65.7 Å². The Morgan fingerprint density at radius 1 is 1.15 bits per heavy atom. The van der Waals surface area contributed by atoms with Crippen LogP contribution in [0, 0.1) is 0 Å². The number of ether oxygens (including phenoxy) is 1. The van der Waals surface area contributed by atoms with Crippen molar-refractivity contribution >= 4 is 34.7 Å². The first kappa shape index (κ1) is 18.5. The average molecular weight is 385 g/mol. The molecule has 0 bridgehead atoms. The smallest absolute Gasteiger partial charge is 0.225 e. The Labute approximate surface area is 161 Å². The van der Waals surface area contributed by atoms with Crippen LogP contribution < -0.4 is 10.1 Å². The van der Waals surface area contributed by atoms with E-state index in [1.807, 2.05) is 54.6 Å². The van der Waals surface area contributed by atoms with E-state index in [1.54, 1.807) is 30.2 Å². The van der Waals surface area contributed by atoms with Crippen LogP contribution in [0.1, 0.15) is 12.1 Å². The molecule has 26 heavy (non-hydrogen) atoms. The number of thiazole rings is 1. The summed E-state index contributed by atoms with van der Waals surface area (Å²) in [5, 5.41) is 5.98. The van der Waals surface area contributed by atoms with Gasteiger partial charge in [-0.15, -0.1) is 11.3 Å². The third kappa shape index (κ3) is 5.34. The fourth-order valence-corrected chi connectivity index (χ4v) is 4.09. The second-order valence-electron chi connectivity index (χ2n) is 5.59. The molecule has 1 heterocycles. The Kier molecular flexibility index (Phi) is 6.68. The minimum Gasteiger partial charge on any atom is -0.497 e. The molecule has 134 valence electrons. The van der Waals surface area contributed by atoms with E-state index < -0.39 is 0 Å². The molecule has 6 heteroatoms. The molecule has 0 aliphatic carbocycles. The van der Waals surface area contributed by atoms with Gasteiger partial charge in [0.15, 0.2) is 0 Å². The number of hydrogen-bond acceptors (Lipinski definition) is 5. The number of anilines is 1. The summed E-state index contributed by atoms with van der Waals surface area (Å²) >= 11 is 3.36. The maximum absolute atomic E-state index is 11.9. The summed E-state index contributed by atoms with van der Waals surface area (Å²) in [6.07, 6.45) is 0.495. The molecular weight excluding hydrogens is 364 g/mol. The predicted molar refractivity (Wildman–Crippen MR) is 110 cm³/mol. The van der Waals surface area contributed by atoms with Crippen molar-refractivity contribution in [2.75, 3.05) is 18.2 Å². The lowest BCUT2D eigenvalue weighted by Gasteiger charge is -2.04. The minimum absolute atomic E-state index is 0.0425. The Bertz CT molecular complexity index is 833. The van der Waals surface area contributed by atoms with Gasteiger partial charge in [-0.3, -0.25) is 4.79 Å². The molecule has 2 aromatic carbocycles. The monoisotopic (exact) mass is 384 g/mol. The highest BCUT2D eigenvalue weighted by atomic mass is 32.2. The van der Waals surface area contributed by atoms with Gasteiger partial charge in [0.25, 0.3) is 0 Å². The van der Waals surface area contributed by atoms with E-state index in [-0.39, 0.29) is 5.91 Å². The Morgan fingerprint density at radius 2 is 1.92 bits per heavy atom. The van der Waals surface area contributed by atoms with Gasteiger partial charge in [0, 0.05) is 34.6 Å². The van der Waals surface area contributed by atoms with Gasteiger partial charge in [-0.25, -0.2) is 4.98 Å². The molecule has 4 nitrogen and oxygen atoms in total. The molecule has 0 aliphatic heterocycles. The summed E-state index contributed by atoms with van der Waals surface area (Å²) in [6, 6.07) is 17.4. The number of nitrogens with zero attached hydrogens (tertiary/aromatic N) is 1. The number of nitrogens with one attached hydrogen (secondary N) is 1.